The maximum atomic E-state index is 13.2. The van der Waals surface area contributed by atoms with Crippen LogP contribution in [0.3, 0.4) is 0 Å². The van der Waals surface area contributed by atoms with Crippen molar-refractivity contribution < 1.29 is 22.8 Å². The first-order chi connectivity index (χ1) is 8.69. The van der Waals surface area contributed by atoms with Gasteiger partial charge in [-0.2, -0.15) is 13.2 Å². The van der Waals surface area contributed by atoms with Crippen LogP contribution >= 0.6 is 0 Å². The minimum absolute atomic E-state index is 0.0634. The van der Waals surface area contributed by atoms with Gasteiger partial charge in [0, 0.05) is 6.42 Å². The number of rotatable bonds is 5. The molecule has 19 heavy (non-hydrogen) atoms. The highest BCUT2D eigenvalue weighted by atomic mass is 19.4. The summed E-state index contributed by atoms with van der Waals surface area (Å²) >= 11 is 0. The van der Waals surface area contributed by atoms with Crippen LogP contribution in [0.2, 0.25) is 0 Å². The number of hydrogen-bond donors (Lipinski definition) is 0. The Morgan fingerprint density at radius 2 is 1.63 bits per heavy atom. The van der Waals surface area contributed by atoms with E-state index < -0.39 is 23.8 Å². The van der Waals surface area contributed by atoms with Gasteiger partial charge in [0.15, 0.2) is 5.78 Å². The van der Waals surface area contributed by atoms with E-state index in [-0.39, 0.29) is 31.0 Å². The van der Waals surface area contributed by atoms with Gasteiger partial charge in [0.2, 0.25) is 0 Å². The van der Waals surface area contributed by atoms with Crippen LogP contribution in [-0.2, 0) is 9.59 Å². The quantitative estimate of drug-likeness (QED) is 0.710. The number of Topliss-reactive ketones (excluding diaryl/α,β-unsaturated/α-hetero) is 2. The van der Waals surface area contributed by atoms with Gasteiger partial charge in [-0.1, -0.05) is 33.1 Å². The molecule has 2 nitrogen and oxygen atoms in total. The number of ketones is 2. The Hall–Kier alpha value is -0.870. The minimum Gasteiger partial charge on any atom is -0.299 e. The molecule has 0 aliphatic heterocycles. The molecule has 5 heteroatoms. The Balaban J connectivity index is 2.81. The molecule has 1 rings (SSSR count). The molecule has 1 saturated carbocycles. The molecule has 110 valence electrons. The first kappa shape index (κ1) is 16.2. The molecule has 0 atom stereocenters. The van der Waals surface area contributed by atoms with Crippen molar-refractivity contribution in [2.24, 2.45) is 11.3 Å². The van der Waals surface area contributed by atoms with Crippen molar-refractivity contribution in [3.05, 3.63) is 0 Å². The smallest absolute Gasteiger partial charge is 0.299 e. The number of alkyl halides is 3. The van der Waals surface area contributed by atoms with E-state index in [0.29, 0.717) is 12.8 Å². The van der Waals surface area contributed by atoms with Gasteiger partial charge in [-0.15, -0.1) is 0 Å². The Morgan fingerprint density at radius 1 is 1.11 bits per heavy atom. The molecule has 0 N–H and O–H groups in total. The molecular formula is C14H21F3O2. The van der Waals surface area contributed by atoms with Crippen LogP contribution in [0.1, 0.15) is 58.8 Å². The van der Waals surface area contributed by atoms with Gasteiger partial charge < -0.3 is 0 Å². The van der Waals surface area contributed by atoms with E-state index in [9.17, 15) is 22.8 Å². The lowest BCUT2D eigenvalue weighted by Gasteiger charge is -2.37. The normalized spacial score (nSPS) is 19.5. The Labute approximate surface area is 111 Å². The van der Waals surface area contributed by atoms with E-state index in [1.807, 2.05) is 13.8 Å². The van der Waals surface area contributed by atoms with Gasteiger partial charge in [-0.3, -0.25) is 9.59 Å². The molecule has 0 heterocycles. The van der Waals surface area contributed by atoms with Crippen molar-refractivity contribution in [1.82, 2.24) is 0 Å². The van der Waals surface area contributed by atoms with Gasteiger partial charge in [0.05, 0.1) is 6.42 Å². The third-order valence-electron chi connectivity index (χ3n) is 3.78. The van der Waals surface area contributed by atoms with E-state index in [0.717, 1.165) is 6.42 Å². The van der Waals surface area contributed by atoms with Crippen LogP contribution in [0.4, 0.5) is 13.2 Å². The van der Waals surface area contributed by atoms with Crippen LogP contribution in [0.5, 0.6) is 0 Å². The third-order valence-corrected chi connectivity index (χ3v) is 3.78. The summed E-state index contributed by atoms with van der Waals surface area (Å²) in [6, 6.07) is 0. The van der Waals surface area contributed by atoms with Crippen molar-refractivity contribution in [2.75, 3.05) is 0 Å². The van der Waals surface area contributed by atoms with Crippen molar-refractivity contribution in [1.29, 1.82) is 0 Å². The summed E-state index contributed by atoms with van der Waals surface area (Å²) in [5.74, 6) is -1.24. The summed E-state index contributed by atoms with van der Waals surface area (Å²) in [6.07, 6.45) is -3.73. The molecule has 0 bridgehead atoms. The molecule has 0 aromatic rings. The topological polar surface area (TPSA) is 34.1 Å². The summed E-state index contributed by atoms with van der Waals surface area (Å²) in [5, 5.41) is 0. The van der Waals surface area contributed by atoms with E-state index in [2.05, 4.69) is 0 Å². The largest absolute Gasteiger partial charge is 0.401 e. The number of carbonyl (C=O) groups excluding carboxylic acids is 2. The second kappa shape index (κ2) is 6.06. The van der Waals surface area contributed by atoms with Crippen molar-refractivity contribution in [3.8, 4) is 0 Å². The SMILES string of the molecule is CC(C)CC(=O)CC(=O)C1(C(F)(F)F)CCCCC1. The fourth-order valence-corrected chi connectivity index (χ4v) is 2.75. The van der Waals surface area contributed by atoms with Crippen LogP contribution < -0.4 is 0 Å². The van der Waals surface area contributed by atoms with Gasteiger partial charge >= 0.3 is 6.18 Å². The van der Waals surface area contributed by atoms with E-state index in [1.165, 1.54) is 0 Å². The summed E-state index contributed by atoms with van der Waals surface area (Å²) in [7, 11) is 0. The highest BCUT2D eigenvalue weighted by Gasteiger charge is 2.59. The summed E-state index contributed by atoms with van der Waals surface area (Å²) < 4.78 is 39.7. The van der Waals surface area contributed by atoms with Crippen molar-refractivity contribution in [3.63, 3.8) is 0 Å². The lowest BCUT2D eigenvalue weighted by Crippen LogP contribution is -2.47. The van der Waals surface area contributed by atoms with E-state index in [4.69, 9.17) is 0 Å². The third kappa shape index (κ3) is 3.80. The summed E-state index contributed by atoms with van der Waals surface area (Å²) in [6.45, 7) is 3.62. The molecule has 0 aromatic heterocycles. The Bertz CT molecular complexity index is 339. The number of halogens is 3. The lowest BCUT2D eigenvalue weighted by molar-refractivity contribution is -0.228. The molecule has 0 radical (unpaired) electrons. The van der Waals surface area contributed by atoms with E-state index in [1.54, 1.807) is 0 Å². The molecule has 0 saturated heterocycles. The first-order valence-corrected chi connectivity index (χ1v) is 6.81. The van der Waals surface area contributed by atoms with Crippen molar-refractivity contribution >= 4 is 11.6 Å². The summed E-state index contributed by atoms with van der Waals surface area (Å²) in [4.78, 5) is 23.6. The summed E-state index contributed by atoms with van der Waals surface area (Å²) in [5.41, 5.74) is -2.27. The second-order valence-electron chi connectivity index (χ2n) is 5.88. The average Bonchev–Trinajstić information content (AvgIpc) is 2.27. The molecular weight excluding hydrogens is 257 g/mol. The molecule has 0 unspecified atom stereocenters. The highest BCUT2D eigenvalue weighted by Crippen LogP contribution is 2.50. The van der Waals surface area contributed by atoms with Gasteiger partial charge in [0.25, 0.3) is 0 Å². The zero-order chi connectivity index (χ0) is 14.7. The van der Waals surface area contributed by atoms with Gasteiger partial charge in [0.1, 0.15) is 11.2 Å². The Morgan fingerprint density at radius 3 is 2.05 bits per heavy atom. The van der Waals surface area contributed by atoms with Gasteiger partial charge in [-0.25, -0.2) is 0 Å². The van der Waals surface area contributed by atoms with Crippen LogP contribution in [0, 0.1) is 11.3 Å². The fourth-order valence-electron chi connectivity index (χ4n) is 2.75. The maximum Gasteiger partial charge on any atom is 0.401 e. The zero-order valence-corrected chi connectivity index (χ0v) is 11.5. The monoisotopic (exact) mass is 278 g/mol. The standard InChI is InChI=1S/C14H21F3O2/c1-10(2)8-11(18)9-12(19)13(14(15,16)17)6-4-3-5-7-13/h10H,3-9H2,1-2H3. The maximum absolute atomic E-state index is 13.2. The second-order valence-corrected chi connectivity index (χ2v) is 5.88. The number of hydrogen-bond acceptors (Lipinski definition) is 2. The molecule has 0 aromatic carbocycles. The lowest BCUT2D eigenvalue weighted by atomic mass is 9.69. The van der Waals surface area contributed by atoms with Crippen molar-refractivity contribution in [2.45, 2.75) is 65.0 Å². The zero-order valence-electron chi connectivity index (χ0n) is 11.5. The molecule has 1 aliphatic carbocycles. The average molecular weight is 278 g/mol. The first-order valence-electron chi connectivity index (χ1n) is 6.81. The molecule has 1 fully saturated rings. The molecule has 0 amide bonds. The molecule has 0 spiro atoms. The highest BCUT2D eigenvalue weighted by molar-refractivity contribution is 6.02. The molecule has 1 aliphatic rings. The Kier molecular flexibility index (Phi) is 5.16. The minimum atomic E-state index is -4.54. The number of carbonyl (C=O) groups is 2. The van der Waals surface area contributed by atoms with Crippen LogP contribution in [-0.4, -0.2) is 17.7 Å². The predicted molar refractivity (Wildman–Crippen MR) is 65.7 cm³/mol. The predicted octanol–water partition coefficient (Wildman–Crippen LogP) is 4.07. The fraction of sp³-hybridized carbons (Fsp3) is 0.857. The van der Waals surface area contributed by atoms with Gasteiger partial charge in [-0.05, 0) is 18.8 Å². The van der Waals surface area contributed by atoms with Crippen LogP contribution in [0.15, 0.2) is 0 Å². The van der Waals surface area contributed by atoms with E-state index >= 15 is 0 Å². The van der Waals surface area contributed by atoms with Crippen LogP contribution in [0.25, 0.3) is 0 Å².